The average Bonchev–Trinajstić information content (AvgIpc) is 3.15. The van der Waals surface area contributed by atoms with Gasteiger partial charge in [-0.1, -0.05) is 199 Å². The first-order valence-corrected chi connectivity index (χ1v) is 25.5. The lowest BCUT2D eigenvalue weighted by Gasteiger charge is -2.30. The highest BCUT2D eigenvalue weighted by atomic mass is 31.2. The molecule has 0 radical (unpaired) electrons. The van der Waals surface area contributed by atoms with Gasteiger partial charge in [0.05, 0.1) is 39.9 Å². The predicted octanol–water partition coefficient (Wildman–Crippen LogP) is 12.9. The molecule has 9 heteroatoms. The predicted molar refractivity (Wildman–Crippen MR) is 238 cm³/mol. The van der Waals surface area contributed by atoms with Crippen molar-refractivity contribution in [2.24, 2.45) is 0 Å². The van der Waals surface area contributed by atoms with Crippen LogP contribution in [0.25, 0.3) is 0 Å². The molecule has 3 atom stereocenters. The van der Waals surface area contributed by atoms with Gasteiger partial charge in [-0.3, -0.25) is 9.36 Å². The molecule has 2 N–H and O–H groups in total. The fourth-order valence-corrected chi connectivity index (χ4v) is 7.88. The van der Waals surface area contributed by atoms with E-state index in [9.17, 15) is 19.4 Å². The maximum atomic E-state index is 12.9. The molecule has 0 fully saturated rings. The first-order valence-electron chi connectivity index (χ1n) is 24.0. The van der Waals surface area contributed by atoms with Gasteiger partial charge in [-0.05, 0) is 38.5 Å². The SMILES string of the molecule is CCCCCCCCC/C=C\CCCCCCCCCC(=O)NC(COP(=O)([O-])OCC[N+](C)(C)C)C(O)CCCCCCCCCCCCCCCCCC. The maximum Gasteiger partial charge on any atom is 0.268 e. The van der Waals surface area contributed by atoms with Crippen LogP contribution in [0.3, 0.4) is 0 Å². The second-order valence-corrected chi connectivity index (χ2v) is 19.2. The molecule has 334 valence electrons. The summed E-state index contributed by atoms with van der Waals surface area (Å²) in [5.74, 6) is -0.167. The van der Waals surface area contributed by atoms with Gasteiger partial charge in [-0.2, -0.15) is 0 Å². The lowest BCUT2D eigenvalue weighted by Crippen LogP contribution is -2.46. The molecular weight excluding hydrogens is 719 g/mol. The van der Waals surface area contributed by atoms with Crippen LogP contribution >= 0.6 is 7.82 Å². The van der Waals surface area contributed by atoms with Gasteiger partial charge < -0.3 is 28.8 Å². The van der Waals surface area contributed by atoms with Crippen LogP contribution in [-0.4, -0.2) is 68.5 Å². The summed E-state index contributed by atoms with van der Waals surface area (Å²) in [6.07, 6.45) is 44.9. The van der Waals surface area contributed by atoms with Gasteiger partial charge in [0.1, 0.15) is 13.2 Å². The topological polar surface area (TPSA) is 108 Å². The number of nitrogens with zero attached hydrogens (tertiary/aromatic N) is 1. The Morgan fingerprint density at radius 1 is 0.607 bits per heavy atom. The Morgan fingerprint density at radius 2 is 0.982 bits per heavy atom. The number of quaternary nitrogens is 1. The van der Waals surface area contributed by atoms with E-state index in [0.717, 1.165) is 38.5 Å². The molecule has 3 unspecified atom stereocenters. The third-order valence-corrected chi connectivity index (χ3v) is 12.0. The van der Waals surface area contributed by atoms with Crippen LogP contribution < -0.4 is 10.2 Å². The normalized spacial score (nSPS) is 14.3. The van der Waals surface area contributed by atoms with E-state index < -0.39 is 20.0 Å². The van der Waals surface area contributed by atoms with Crippen LogP contribution in [-0.2, 0) is 18.4 Å². The largest absolute Gasteiger partial charge is 0.756 e. The summed E-state index contributed by atoms with van der Waals surface area (Å²) in [5.41, 5.74) is 0. The molecule has 0 bridgehead atoms. The molecule has 0 aromatic carbocycles. The molecule has 0 spiro atoms. The van der Waals surface area contributed by atoms with Crippen LogP contribution in [0.5, 0.6) is 0 Å². The number of hydrogen-bond acceptors (Lipinski definition) is 6. The van der Waals surface area contributed by atoms with Crippen molar-refractivity contribution in [1.29, 1.82) is 0 Å². The Morgan fingerprint density at radius 3 is 1.39 bits per heavy atom. The fourth-order valence-electron chi connectivity index (χ4n) is 7.15. The number of unbranched alkanes of at least 4 members (excludes halogenated alkanes) is 29. The van der Waals surface area contributed by atoms with Crippen molar-refractivity contribution in [2.75, 3.05) is 40.9 Å². The molecule has 0 rings (SSSR count). The van der Waals surface area contributed by atoms with Gasteiger partial charge >= 0.3 is 0 Å². The summed E-state index contributed by atoms with van der Waals surface area (Å²) in [7, 11) is 1.31. The Labute approximate surface area is 348 Å². The minimum atomic E-state index is -4.56. The highest BCUT2D eigenvalue weighted by Gasteiger charge is 2.24. The van der Waals surface area contributed by atoms with E-state index >= 15 is 0 Å². The zero-order valence-electron chi connectivity index (χ0n) is 37.9. The molecule has 0 saturated heterocycles. The highest BCUT2D eigenvalue weighted by Crippen LogP contribution is 2.38. The minimum absolute atomic E-state index is 0.0133. The first-order chi connectivity index (χ1) is 27.0. The van der Waals surface area contributed by atoms with E-state index in [1.165, 1.54) is 167 Å². The molecule has 8 nitrogen and oxygen atoms in total. The molecule has 0 aromatic rings. The molecule has 0 aromatic heterocycles. The molecule has 56 heavy (non-hydrogen) atoms. The van der Waals surface area contributed by atoms with Crippen molar-refractivity contribution in [2.45, 2.75) is 244 Å². The molecule has 0 aliphatic heterocycles. The molecule has 0 aliphatic carbocycles. The summed E-state index contributed by atoms with van der Waals surface area (Å²) in [4.78, 5) is 25.4. The Bertz CT molecular complexity index is 927. The smallest absolute Gasteiger partial charge is 0.268 e. The number of rotatable bonds is 44. The number of phosphoric acid groups is 1. The third kappa shape index (κ3) is 41.4. The van der Waals surface area contributed by atoms with E-state index in [2.05, 4.69) is 31.3 Å². The highest BCUT2D eigenvalue weighted by molar-refractivity contribution is 7.45. The van der Waals surface area contributed by atoms with Gasteiger partial charge in [-0.15, -0.1) is 0 Å². The second kappa shape index (κ2) is 39.7. The number of aliphatic hydroxyl groups excluding tert-OH is 1. The van der Waals surface area contributed by atoms with Crippen LogP contribution in [0.1, 0.15) is 232 Å². The van der Waals surface area contributed by atoms with Crippen LogP contribution in [0.4, 0.5) is 0 Å². The van der Waals surface area contributed by atoms with Gasteiger partial charge in [0.25, 0.3) is 7.82 Å². The third-order valence-electron chi connectivity index (χ3n) is 11.0. The zero-order chi connectivity index (χ0) is 41.4. The Kier molecular flexibility index (Phi) is 39.1. The van der Waals surface area contributed by atoms with Gasteiger partial charge in [0.2, 0.25) is 5.91 Å². The number of likely N-dealkylation sites (N-methyl/N-ethyl adjacent to an activating group) is 1. The zero-order valence-corrected chi connectivity index (χ0v) is 38.7. The number of allylic oxidation sites excluding steroid dienone is 2. The van der Waals surface area contributed by atoms with E-state index in [-0.39, 0.29) is 19.1 Å². The number of carbonyl (C=O) groups is 1. The summed E-state index contributed by atoms with van der Waals surface area (Å²) >= 11 is 0. The van der Waals surface area contributed by atoms with Crippen molar-refractivity contribution < 1.29 is 32.9 Å². The van der Waals surface area contributed by atoms with E-state index in [1.807, 2.05) is 21.1 Å². The number of hydrogen-bond donors (Lipinski definition) is 2. The molecule has 0 aliphatic rings. The van der Waals surface area contributed by atoms with Crippen molar-refractivity contribution in [3.05, 3.63) is 12.2 Å². The molecule has 1 amide bonds. The molecule has 0 saturated carbocycles. The number of amides is 1. The fraction of sp³-hybridized carbons (Fsp3) is 0.936. The Balaban J connectivity index is 4.30. The maximum absolute atomic E-state index is 12.9. The summed E-state index contributed by atoms with van der Waals surface area (Å²) in [6, 6.07) is -0.798. The minimum Gasteiger partial charge on any atom is -0.756 e. The Hall–Kier alpha value is -0.760. The quantitative estimate of drug-likeness (QED) is 0.0274. The van der Waals surface area contributed by atoms with Crippen molar-refractivity contribution in [1.82, 2.24) is 5.32 Å². The standard InChI is InChI=1S/C47H95N2O6P/c1-6-8-10-12-14-16-18-20-22-24-25-27-29-31-33-35-37-39-41-47(51)48-45(44-55-56(52,53)54-43-42-49(3,4)5)46(50)40-38-36-34-32-30-28-26-23-21-19-17-15-13-11-9-7-2/h22,24,45-46,50H,6-21,23,25-44H2,1-5H3,(H-,48,51,52,53)/b24-22-. The van der Waals surface area contributed by atoms with Crippen molar-refractivity contribution >= 4 is 13.7 Å². The number of carbonyl (C=O) groups excluding carboxylic acids is 1. The first kappa shape index (κ1) is 55.2. The van der Waals surface area contributed by atoms with Gasteiger partial charge in [0, 0.05) is 6.42 Å². The summed E-state index contributed by atoms with van der Waals surface area (Å²) < 4.78 is 23.3. The number of aliphatic hydroxyl groups is 1. The van der Waals surface area contributed by atoms with E-state index in [4.69, 9.17) is 9.05 Å². The van der Waals surface area contributed by atoms with Crippen LogP contribution in [0, 0.1) is 0 Å². The van der Waals surface area contributed by atoms with E-state index in [1.54, 1.807) is 0 Å². The summed E-state index contributed by atoms with van der Waals surface area (Å²) in [5, 5.41) is 13.9. The summed E-state index contributed by atoms with van der Waals surface area (Å²) in [6.45, 7) is 4.73. The second-order valence-electron chi connectivity index (χ2n) is 17.8. The van der Waals surface area contributed by atoms with Gasteiger partial charge in [0.15, 0.2) is 0 Å². The number of phosphoric ester groups is 1. The lowest BCUT2D eigenvalue weighted by atomic mass is 10.0. The van der Waals surface area contributed by atoms with Gasteiger partial charge in [-0.25, -0.2) is 0 Å². The van der Waals surface area contributed by atoms with Crippen LogP contribution in [0.2, 0.25) is 0 Å². The van der Waals surface area contributed by atoms with Crippen molar-refractivity contribution in [3.8, 4) is 0 Å². The average molecular weight is 815 g/mol. The molecule has 0 heterocycles. The van der Waals surface area contributed by atoms with E-state index in [0.29, 0.717) is 23.9 Å². The van der Waals surface area contributed by atoms with Crippen molar-refractivity contribution in [3.63, 3.8) is 0 Å². The lowest BCUT2D eigenvalue weighted by molar-refractivity contribution is -0.870. The molecular formula is C47H95N2O6P. The van der Waals surface area contributed by atoms with Crippen LogP contribution in [0.15, 0.2) is 12.2 Å². The number of nitrogens with one attached hydrogen (secondary N) is 1. The monoisotopic (exact) mass is 815 g/mol.